The van der Waals surface area contributed by atoms with Crippen molar-refractivity contribution in [1.29, 1.82) is 0 Å². The second-order valence-corrected chi connectivity index (χ2v) is 7.37. The molecule has 0 amide bonds. The second-order valence-electron chi connectivity index (χ2n) is 5.04. The van der Waals surface area contributed by atoms with E-state index in [9.17, 15) is 13.2 Å². The van der Waals surface area contributed by atoms with Crippen molar-refractivity contribution in [2.45, 2.75) is 11.8 Å². The summed E-state index contributed by atoms with van der Waals surface area (Å²) in [7, 11) is -1.66. The predicted molar refractivity (Wildman–Crippen MR) is 99.8 cm³/mol. The third-order valence-electron chi connectivity index (χ3n) is 3.34. The van der Waals surface area contributed by atoms with Gasteiger partial charge in [-0.3, -0.25) is 0 Å². The molecule has 0 saturated carbocycles. The Bertz CT molecular complexity index is 935. The first-order valence-corrected chi connectivity index (χ1v) is 9.72. The van der Waals surface area contributed by atoms with Crippen LogP contribution in [0.15, 0.2) is 35.2 Å². The fourth-order valence-corrected chi connectivity index (χ4v) is 3.91. The maximum Gasteiger partial charge on any atom is 0.343 e. The van der Waals surface area contributed by atoms with Crippen molar-refractivity contribution in [3.05, 3.63) is 45.9 Å². The molecule has 0 aliphatic heterocycles. The second kappa shape index (κ2) is 8.69. The van der Waals surface area contributed by atoms with Crippen molar-refractivity contribution in [2.24, 2.45) is 0 Å². The fourth-order valence-electron chi connectivity index (χ4n) is 2.11. The molecule has 2 rings (SSSR count). The number of halogens is 2. The molecule has 0 bridgehead atoms. The highest BCUT2D eigenvalue weighted by Gasteiger charge is 2.26. The molecule has 0 aliphatic carbocycles. The Morgan fingerprint density at radius 2 is 1.67 bits per heavy atom. The van der Waals surface area contributed by atoms with E-state index in [0.717, 1.165) is 0 Å². The number of carbonyl (C=O) groups is 1. The number of ether oxygens (including phenoxy) is 3. The van der Waals surface area contributed by atoms with Gasteiger partial charge in [0.1, 0.15) is 11.5 Å². The van der Waals surface area contributed by atoms with E-state index in [4.69, 9.17) is 41.6 Å². The van der Waals surface area contributed by atoms with Gasteiger partial charge in [-0.15, -0.1) is 0 Å². The van der Waals surface area contributed by atoms with Crippen molar-refractivity contribution >= 4 is 39.3 Å². The molecule has 2 aromatic carbocycles. The summed E-state index contributed by atoms with van der Waals surface area (Å²) in [5, 5.41) is -0.341. The summed E-state index contributed by atoms with van der Waals surface area (Å²) >= 11 is 12.1. The van der Waals surface area contributed by atoms with E-state index in [2.05, 4.69) is 0 Å². The number of hydrogen-bond acceptors (Lipinski definition) is 7. The van der Waals surface area contributed by atoms with E-state index in [-0.39, 0.29) is 44.4 Å². The van der Waals surface area contributed by atoms with Gasteiger partial charge in [-0.2, -0.15) is 8.42 Å². The summed E-state index contributed by atoms with van der Waals surface area (Å²) in [6, 6.07) is 6.61. The molecule has 2 aromatic rings. The monoisotopic (exact) mass is 434 g/mol. The third-order valence-corrected chi connectivity index (χ3v) is 5.15. The quantitative estimate of drug-likeness (QED) is 0.481. The standard InChI is InChI=1S/C17H16Cl2O7S/c1-4-25-17(20)10-7-12(18)16(13(19)8-10)26-27(21,22)15-9-11(23-2)5-6-14(15)24-3/h5-9H,4H2,1-3H3. The predicted octanol–water partition coefficient (Wildman–Crippen LogP) is 3.96. The smallest absolute Gasteiger partial charge is 0.343 e. The minimum Gasteiger partial charge on any atom is -0.497 e. The zero-order chi connectivity index (χ0) is 20.2. The Hall–Kier alpha value is -2.16. The van der Waals surface area contributed by atoms with Gasteiger partial charge in [0.25, 0.3) is 0 Å². The SMILES string of the molecule is CCOC(=O)c1cc(Cl)c(OS(=O)(=O)c2cc(OC)ccc2OC)c(Cl)c1. The molecule has 0 N–H and O–H groups in total. The van der Waals surface area contributed by atoms with Gasteiger partial charge < -0.3 is 18.4 Å². The lowest BCUT2D eigenvalue weighted by atomic mass is 10.2. The summed E-state index contributed by atoms with van der Waals surface area (Å²) in [5.41, 5.74) is 0.0653. The van der Waals surface area contributed by atoms with Gasteiger partial charge in [0.15, 0.2) is 10.6 Å². The van der Waals surface area contributed by atoms with Crippen molar-refractivity contribution in [3.8, 4) is 17.2 Å². The molecule has 7 nitrogen and oxygen atoms in total. The molecule has 146 valence electrons. The lowest BCUT2D eigenvalue weighted by Gasteiger charge is -2.14. The number of methoxy groups -OCH3 is 2. The summed E-state index contributed by atoms with van der Waals surface area (Å²) in [4.78, 5) is 11.5. The Balaban J connectivity index is 2.46. The third kappa shape index (κ3) is 4.77. The van der Waals surface area contributed by atoms with E-state index >= 15 is 0 Å². The molecule has 0 aliphatic rings. The summed E-state index contributed by atoms with van der Waals surface area (Å²) in [6.07, 6.45) is 0. The highest BCUT2D eigenvalue weighted by Crippen LogP contribution is 2.38. The first kappa shape index (κ1) is 21.1. The maximum absolute atomic E-state index is 12.7. The van der Waals surface area contributed by atoms with Crippen LogP contribution in [0.5, 0.6) is 17.2 Å². The highest BCUT2D eigenvalue weighted by atomic mass is 35.5. The van der Waals surface area contributed by atoms with Gasteiger partial charge in [-0.25, -0.2) is 4.79 Å². The number of rotatable bonds is 7. The zero-order valence-corrected chi connectivity index (χ0v) is 16.9. The van der Waals surface area contributed by atoms with Gasteiger partial charge in [0, 0.05) is 6.07 Å². The topological polar surface area (TPSA) is 88.1 Å². The molecule has 27 heavy (non-hydrogen) atoms. The van der Waals surface area contributed by atoms with Crippen LogP contribution in [0.1, 0.15) is 17.3 Å². The number of benzene rings is 2. The van der Waals surface area contributed by atoms with Crippen molar-refractivity contribution in [1.82, 2.24) is 0 Å². The molecule has 0 aromatic heterocycles. The van der Waals surface area contributed by atoms with Crippen LogP contribution < -0.4 is 13.7 Å². The van der Waals surface area contributed by atoms with E-state index in [0.29, 0.717) is 0 Å². The van der Waals surface area contributed by atoms with Crippen LogP contribution in [0, 0.1) is 0 Å². The Morgan fingerprint density at radius 3 is 2.19 bits per heavy atom. The Labute approximate surface area is 166 Å². The van der Waals surface area contributed by atoms with Gasteiger partial charge in [0.2, 0.25) is 0 Å². The lowest BCUT2D eigenvalue weighted by Crippen LogP contribution is -2.12. The molecule has 0 spiro atoms. The van der Waals surface area contributed by atoms with Gasteiger partial charge in [-0.1, -0.05) is 23.2 Å². The van der Waals surface area contributed by atoms with Crippen molar-refractivity contribution in [2.75, 3.05) is 20.8 Å². The average molecular weight is 435 g/mol. The molecule has 0 fully saturated rings. The number of esters is 1. The highest BCUT2D eigenvalue weighted by molar-refractivity contribution is 7.87. The van der Waals surface area contributed by atoms with E-state index < -0.39 is 16.1 Å². The molecule has 0 saturated heterocycles. The number of hydrogen-bond donors (Lipinski definition) is 0. The first-order chi connectivity index (χ1) is 12.7. The zero-order valence-electron chi connectivity index (χ0n) is 14.6. The summed E-state index contributed by atoms with van der Waals surface area (Å²) in [5.74, 6) is -0.638. The van der Waals surface area contributed by atoms with Crippen molar-refractivity contribution < 1.29 is 31.6 Å². The van der Waals surface area contributed by atoms with Crippen LogP contribution in [0.25, 0.3) is 0 Å². The van der Waals surface area contributed by atoms with Crippen molar-refractivity contribution in [3.63, 3.8) is 0 Å². The minimum absolute atomic E-state index is 0.0474. The molecule has 10 heteroatoms. The molecular weight excluding hydrogens is 419 g/mol. The molecule has 0 unspecified atom stereocenters. The fraction of sp³-hybridized carbons (Fsp3) is 0.235. The Kier molecular flexibility index (Phi) is 6.80. The summed E-state index contributed by atoms with van der Waals surface area (Å²) < 4.78 is 45.5. The van der Waals surface area contributed by atoms with E-state index in [1.54, 1.807) is 6.92 Å². The minimum atomic E-state index is -4.37. The normalized spacial score (nSPS) is 11.0. The summed E-state index contributed by atoms with van der Waals surface area (Å²) in [6.45, 7) is 1.81. The van der Waals surface area contributed by atoms with Crippen LogP contribution in [-0.4, -0.2) is 35.2 Å². The number of carbonyl (C=O) groups excluding carboxylic acids is 1. The molecule has 0 heterocycles. The van der Waals surface area contributed by atoms with Crippen LogP contribution in [0.2, 0.25) is 10.0 Å². The molecule has 0 radical (unpaired) electrons. The Morgan fingerprint density at radius 1 is 1.04 bits per heavy atom. The lowest BCUT2D eigenvalue weighted by molar-refractivity contribution is 0.0526. The largest absolute Gasteiger partial charge is 0.497 e. The van der Waals surface area contributed by atoms with E-state index in [1.807, 2.05) is 0 Å². The van der Waals surface area contributed by atoms with E-state index in [1.165, 1.54) is 44.6 Å². The van der Waals surface area contributed by atoms with Crippen LogP contribution in [-0.2, 0) is 14.9 Å². The van der Waals surface area contributed by atoms with Crippen LogP contribution in [0.3, 0.4) is 0 Å². The van der Waals surface area contributed by atoms with Gasteiger partial charge in [0.05, 0.1) is 36.4 Å². The average Bonchev–Trinajstić information content (AvgIpc) is 2.64. The molecule has 0 atom stereocenters. The van der Waals surface area contributed by atoms with Crippen LogP contribution >= 0.6 is 23.2 Å². The maximum atomic E-state index is 12.7. The first-order valence-electron chi connectivity index (χ1n) is 7.56. The van der Waals surface area contributed by atoms with Gasteiger partial charge in [-0.05, 0) is 31.2 Å². The van der Waals surface area contributed by atoms with Gasteiger partial charge >= 0.3 is 16.1 Å². The van der Waals surface area contributed by atoms with Crippen LogP contribution in [0.4, 0.5) is 0 Å². The molecular formula is C17H16Cl2O7S.